The molecule has 1 N–H and O–H groups in total. The number of rotatable bonds is 5. The molecule has 0 fully saturated rings. The maximum Gasteiger partial charge on any atom is 0.453 e. The van der Waals surface area contributed by atoms with E-state index in [2.05, 4.69) is 10.2 Å². The zero-order chi connectivity index (χ0) is 19.6. The van der Waals surface area contributed by atoms with Gasteiger partial charge < -0.3 is 9.15 Å². The van der Waals surface area contributed by atoms with Gasteiger partial charge in [0.05, 0.1) is 11.2 Å². The Bertz CT molecular complexity index is 1040. The number of nitrogens with one attached hydrogen (secondary N) is 1. The van der Waals surface area contributed by atoms with E-state index in [1.54, 1.807) is 6.07 Å². The van der Waals surface area contributed by atoms with E-state index < -0.39 is 17.8 Å². The van der Waals surface area contributed by atoms with Crippen LogP contribution in [0.2, 0.25) is 5.02 Å². The molecule has 3 rings (SSSR count). The van der Waals surface area contributed by atoms with Crippen molar-refractivity contribution in [1.29, 1.82) is 0 Å². The smallest absolute Gasteiger partial charge is 0.453 e. The van der Waals surface area contributed by atoms with Crippen molar-refractivity contribution in [2.24, 2.45) is 5.10 Å². The van der Waals surface area contributed by atoms with Crippen LogP contribution in [0.15, 0.2) is 39.9 Å². The fourth-order valence-electron chi connectivity index (χ4n) is 1.96. The van der Waals surface area contributed by atoms with Gasteiger partial charge in [0, 0.05) is 6.07 Å². The Kier molecular flexibility index (Phi) is 5.33. The van der Waals surface area contributed by atoms with E-state index in [0.29, 0.717) is 16.2 Å². The lowest BCUT2D eigenvalue weighted by atomic mass is 10.3. The molecule has 0 saturated carbocycles. The van der Waals surface area contributed by atoms with Gasteiger partial charge in [-0.05, 0) is 36.5 Å². The second-order valence-electron chi connectivity index (χ2n) is 5.08. The highest BCUT2D eigenvalue weighted by atomic mass is 35.5. The third-order valence-corrected chi connectivity index (χ3v) is 3.71. The Hall–Kier alpha value is -2.66. The second-order valence-corrected chi connectivity index (χ2v) is 5.87. The van der Waals surface area contributed by atoms with Crippen molar-refractivity contribution in [3.05, 3.63) is 63.3 Å². The van der Waals surface area contributed by atoms with Crippen LogP contribution >= 0.6 is 23.8 Å². The molecule has 142 valence electrons. The lowest BCUT2D eigenvalue weighted by Crippen LogP contribution is -2.12. The number of halogens is 5. The Morgan fingerprint density at radius 3 is 2.81 bits per heavy atom. The van der Waals surface area contributed by atoms with Crippen LogP contribution in [-0.4, -0.2) is 21.1 Å². The summed E-state index contributed by atoms with van der Waals surface area (Å²) in [4.78, 5) is 0. The molecule has 0 radical (unpaired) electrons. The van der Waals surface area contributed by atoms with Gasteiger partial charge in [-0.2, -0.15) is 22.9 Å². The number of hydrogen-bond donors (Lipinski definition) is 1. The predicted octanol–water partition coefficient (Wildman–Crippen LogP) is 4.81. The quantitative estimate of drug-likeness (QED) is 0.365. The summed E-state index contributed by atoms with van der Waals surface area (Å²) >= 11 is 10.4. The molecule has 0 aliphatic heterocycles. The molecule has 0 unspecified atom stereocenters. The Morgan fingerprint density at radius 2 is 2.11 bits per heavy atom. The summed E-state index contributed by atoms with van der Waals surface area (Å²) in [7, 11) is 0. The lowest BCUT2D eigenvalue weighted by molar-refractivity contribution is -0.147. The molecular formula is C15H9ClF4N4O2S. The van der Waals surface area contributed by atoms with Gasteiger partial charge in [-0.25, -0.2) is 9.49 Å². The third-order valence-electron chi connectivity index (χ3n) is 3.16. The van der Waals surface area contributed by atoms with Crippen molar-refractivity contribution in [1.82, 2.24) is 14.9 Å². The summed E-state index contributed by atoms with van der Waals surface area (Å²) in [5.41, 5.74) is 0. The minimum atomic E-state index is -4.72. The summed E-state index contributed by atoms with van der Waals surface area (Å²) in [5.74, 6) is -0.998. The number of nitrogens with zero attached hydrogens (tertiary/aromatic N) is 3. The first-order valence-electron chi connectivity index (χ1n) is 7.19. The van der Waals surface area contributed by atoms with Crippen LogP contribution in [0.3, 0.4) is 0 Å². The number of H-pyrrole nitrogens is 1. The van der Waals surface area contributed by atoms with Crippen LogP contribution < -0.4 is 4.74 Å². The van der Waals surface area contributed by atoms with Crippen molar-refractivity contribution in [3.63, 3.8) is 0 Å². The molecule has 0 aliphatic rings. The van der Waals surface area contributed by atoms with Crippen molar-refractivity contribution in [2.45, 2.75) is 12.8 Å². The molecule has 2 aromatic heterocycles. The van der Waals surface area contributed by atoms with Gasteiger partial charge in [-0.15, -0.1) is 5.10 Å². The molecule has 3 aromatic rings. The molecule has 27 heavy (non-hydrogen) atoms. The molecule has 12 heteroatoms. The van der Waals surface area contributed by atoms with Crippen LogP contribution in [0.1, 0.15) is 17.3 Å². The molecule has 0 saturated heterocycles. The first-order valence-corrected chi connectivity index (χ1v) is 7.98. The summed E-state index contributed by atoms with van der Waals surface area (Å²) in [5, 5.41) is 8.68. The molecule has 6 nitrogen and oxygen atoms in total. The fraction of sp³-hybridized carbons (Fsp3) is 0.133. The van der Waals surface area contributed by atoms with E-state index in [0.717, 1.165) is 12.3 Å². The van der Waals surface area contributed by atoms with Crippen LogP contribution in [-0.2, 0) is 12.8 Å². The Balaban J connectivity index is 1.70. The molecule has 0 amide bonds. The summed E-state index contributed by atoms with van der Waals surface area (Å²) in [6.45, 7) is -0.00522. The zero-order valence-corrected chi connectivity index (χ0v) is 14.7. The van der Waals surface area contributed by atoms with Gasteiger partial charge >= 0.3 is 6.18 Å². The first-order chi connectivity index (χ1) is 12.7. The standard InChI is InChI=1S/C15H9ClF4N4O2S/c16-11-5-8(3-4-12(11)17)25-7-10-2-1-9(26-10)6-21-24-13(15(18,19)20)22-23-14(24)27/h1-6H,7H2,(H,23,27). The van der Waals surface area contributed by atoms with Gasteiger partial charge in [-0.1, -0.05) is 11.6 Å². The highest BCUT2D eigenvalue weighted by Crippen LogP contribution is 2.27. The van der Waals surface area contributed by atoms with E-state index in [-0.39, 0.29) is 22.2 Å². The lowest BCUT2D eigenvalue weighted by Gasteiger charge is -2.04. The van der Waals surface area contributed by atoms with Crippen molar-refractivity contribution >= 4 is 30.0 Å². The molecular weight excluding hydrogens is 412 g/mol. The number of furan rings is 1. The van der Waals surface area contributed by atoms with Crippen molar-refractivity contribution < 1.29 is 26.7 Å². The fourth-order valence-corrected chi connectivity index (χ4v) is 2.31. The SMILES string of the molecule is Fc1ccc(OCc2ccc(C=Nn3c(C(F)(F)F)n[nH]c3=S)o2)cc1Cl. The molecule has 0 atom stereocenters. The molecule has 0 aliphatic carbocycles. The summed E-state index contributed by atoms with van der Waals surface area (Å²) < 4.78 is 62.4. The second kappa shape index (κ2) is 7.53. The topological polar surface area (TPSA) is 68.3 Å². The predicted molar refractivity (Wildman–Crippen MR) is 89.9 cm³/mol. The molecule has 1 aromatic carbocycles. The number of alkyl halides is 3. The largest absolute Gasteiger partial charge is 0.486 e. The Morgan fingerprint density at radius 1 is 1.33 bits per heavy atom. The van der Waals surface area contributed by atoms with E-state index in [1.165, 1.54) is 18.2 Å². The monoisotopic (exact) mass is 420 g/mol. The van der Waals surface area contributed by atoms with E-state index in [4.69, 9.17) is 33.0 Å². The van der Waals surface area contributed by atoms with Crippen LogP contribution in [0.4, 0.5) is 17.6 Å². The van der Waals surface area contributed by atoms with E-state index in [1.807, 2.05) is 5.10 Å². The van der Waals surface area contributed by atoms with Crippen molar-refractivity contribution in [2.75, 3.05) is 0 Å². The van der Waals surface area contributed by atoms with Gasteiger partial charge in [-0.3, -0.25) is 0 Å². The summed E-state index contributed by atoms with van der Waals surface area (Å²) in [6.07, 6.45) is -3.66. The number of ether oxygens (including phenoxy) is 1. The third kappa shape index (κ3) is 4.55. The maximum atomic E-state index is 13.1. The molecule has 0 bridgehead atoms. The van der Waals surface area contributed by atoms with Crippen LogP contribution in [0, 0.1) is 10.6 Å². The number of benzene rings is 1. The van der Waals surface area contributed by atoms with Crippen LogP contribution in [0.25, 0.3) is 0 Å². The average Bonchev–Trinajstić information content (AvgIpc) is 3.20. The normalized spacial score (nSPS) is 12.0. The average molecular weight is 421 g/mol. The van der Waals surface area contributed by atoms with Gasteiger partial charge in [0.2, 0.25) is 4.77 Å². The maximum absolute atomic E-state index is 13.1. The van der Waals surface area contributed by atoms with E-state index >= 15 is 0 Å². The number of hydrogen-bond acceptors (Lipinski definition) is 5. The molecule has 0 spiro atoms. The highest BCUT2D eigenvalue weighted by molar-refractivity contribution is 7.71. The minimum absolute atomic E-state index is 0.00522. The summed E-state index contributed by atoms with van der Waals surface area (Å²) in [6, 6.07) is 6.89. The van der Waals surface area contributed by atoms with Crippen LogP contribution in [0.5, 0.6) is 5.75 Å². The van der Waals surface area contributed by atoms with E-state index in [9.17, 15) is 17.6 Å². The number of aromatic nitrogens is 3. The number of aromatic amines is 1. The highest BCUT2D eigenvalue weighted by Gasteiger charge is 2.37. The zero-order valence-electron chi connectivity index (χ0n) is 13.1. The van der Waals surface area contributed by atoms with Gasteiger partial charge in [0.25, 0.3) is 5.82 Å². The molecule has 2 heterocycles. The van der Waals surface area contributed by atoms with Gasteiger partial charge in [0.15, 0.2) is 0 Å². The Labute approximate surface area is 159 Å². The van der Waals surface area contributed by atoms with Crippen molar-refractivity contribution in [3.8, 4) is 5.75 Å². The minimum Gasteiger partial charge on any atom is -0.486 e. The van der Waals surface area contributed by atoms with Gasteiger partial charge in [0.1, 0.15) is 29.7 Å². The first kappa shape index (κ1) is 19.1.